The van der Waals surface area contributed by atoms with E-state index in [4.69, 9.17) is 12.2 Å². The molecule has 4 nitrogen and oxygen atoms in total. The van der Waals surface area contributed by atoms with Crippen LogP contribution in [0.15, 0.2) is 30.3 Å². The third-order valence-corrected chi connectivity index (χ3v) is 4.46. The van der Waals surface area contributed by atoms with E-state index in [1.165, 1.54) is 25.9 Å². The molecule has 0 saturated carbocycles. The number of thiocarbonyl (C=S) groups is 1. The fourth-order valence-electron chi connectivity index (χ4n) is 3.10. The largest absolute Gasteiger partial charge is 0.358 e. The molecular formula is C15H19N3OS. The SMILES string of the molecule is O=C(NC(=S)NC1CN2CCC1CC2)c1ccccc1. The van der Waals surface area contributed by atoms with Gasteiger partial charge in [-0.15, -0.1) is 0 Å². The molecule has 5 heteroatoms. The van der Waals surface area contributed by atoms with Gasteiger partial charge in [0.1, 0.15) is 0 Å². The smallest absolute Gasteiger partial charge is 0.257 e. The Morgan fingerprint density at radius 2 is 1.90 bits per heavy atom. The average Bonchev–Trinajstić information content (AvgIpc) is 2.49. The number of nitrogens with one attached hydrogen (secondary N) is 2. The lowest BCUT2D eigenvalue weighted by atomic mass is 9.84. The van der Waals surface area contributed by atoms with E-state index in [1.807, 2.05) is 18.2 Å². The standard InChI is InChI=1S/C15H19N3OS/c19-14(12-4-2-1-3-5-12)17-15(20)16-13-10-18-8-6-11(13)7-9-18/h1-5,11,13H,6-10H2,(H2,16,17,19,20). The number of carbonyl (C=O) groups is 1. The van der Waals surface area contributed by atoms with Gasteiger partial charge in [0.15, 0.2) is 5.11 Å². The Morgan fingerprint density at radius 3 is 2.50 bits per heavy atom. The average molecular weight is 289 g/mol. The number of fused-ring (bicyclic) bond motifs is 3. The molecule has 20 heavy (non-hydrogen) atoms. The molecule has 2 bridgehead atoms. The number of benzene rings is 1. The van der Waals surface area contributed by atoms with Crippen LogP contribution in [0.25, 0.3) is 0 Å². The van der Waals surface area contributed by atoms with E-state index in [1.54, 1.807) is 12.1 Å². The molecular weight excluding hydrogens is 270 g/mol. The van der Waals surface area contributed by atoms with Gasteiger partial charge in [-0.2, -0.15) is 0 Å². The number of piperidine rings is 3. The van der Waals surface area contributed by atoms with Gasteiger partial charge in [-0.05, 0) is 56.2 Å². The van der Waals surface area contributed by atoms with Gasteiger partial charge >= 0.3 is 0 Å². The molecule has 1 amide bonds. The van der Waals surface area contributed by atoms with Crippen LogP contribution < -0.4 is 10.6 Å². The van der Waals surface area contributed by atoms with Gasteiger partial charge in [0, 0.05) is 18.2 Å². The molecule has 3 aliphatic rings. The number of carbonyl (C=O) groups excluding carboxylic acids is 1. The number of nitrogens with zero attached hydrogens (tertiary/aromatic N) is 1. The summed E-state index contributed by atoms with van der Waals surface area (Å²) in [7, 11) is 0. The van der Waals surface area contributed by atoms with Gasteiger partial charge in [0.2, 0.25) is 0 Å². The maximum atomic E-state index is 12.0. The lowest BCUT2D eigenvalue weighted by Gasteiger charge is -2.45. The maximum Gasteiger partial charge on any atom is 0.257 e. The highest BCUT2D eigenvalue weighted by Crippen LogP contribution is 2.27. The van der Waals surface area contributed by atoms with Crippen LogP contribution in [0.2, 0.25) is 0 Å². The van der Waals surface area contributed by atoms with Gasteiger partial charge in [0.05, 0.1) is 0 Å². The van der Waals surface area contributed by atoms with E-state index < -0.39 is 0 Å². The summed E-state index contributed by atoms with van der Waals surface area (Å²) < 4.78 is 0. The highest BCUT2D eigenvalue weighted by molar-refractivity contribution is 7.80. The first kappa shape index (κ1) is 13.5. The monoisotopic (exact) mass is 289 g/mol. The quantitative estimate of drug-likeness (QED) is 0.808. The molecule has 0 aromatic heterocycles. The third kappa shape index (κ3) is 2.99. The summed E-state index contributed by atoms with van der Waals surface area (Å²) in [5.41, 5.74) is 0.630. The van der Waals surface area contributed by atoms with Crippen LogP contribution in [0, 0.1) is 5.92 Å². The van der Waals surface area contributed by atoms with Gasteiger partial charge in [-0.25, -0.2) is 0 Å². The second-order valence-corrected chi connectivity index (χ2v) is 5.95. The Kier molecular flexibility index (Phi) is 3.98. The van der Waals surface area contributed by atoms with Gasteiger partial charge in [-0.1, -0.05) is 18.2 Å². The predicted molar refractivity (Wildman–Crippen MR) is 82.6 cm³/mol. The summed E-state index contributed by atoms with van der Waals surface area (Å²) in [4.78, 5) is 14.5. The highest BCUT2D eigenvalue weighted by atomic mass is 32.1. The Balaban J connectivity index is 1.54. The fraction of sp³-hybridized carbons (Fsp3) is 0.467. The van der Waals surface area contributed by atoms with E-state index in [2.05, 4.69) is 15.5 Å². The van der Waals surface area contributed by atoms with E-state index in [0.29, 0.717) is 22.6 Å². The summed E-state index contributed by atoms with van der Waals surface area (Å²) in [5, 5.41) is 6.52. The van der Waals surface area contributed by atoms with Crippen LogP contribution in [0.1, 0.15) is 23.2 Å². The molecule has 0 aliphatic carbocycles. The minimum atomic E-state index is -0.149. The first-order chi connectivity index (χ1) is 9.72. The van der Waals surface area contributed by atoms with Crippen molar-refractivity contribution in [1.29, 1.82) is 0 Å². The predicted octanol–water partition coefficient (Wildman–Crippen LogP) is 1.39. The van der Waals surface area contributed by atoms with Crippen molar-refractivity contribution in [3.05, 3.63) is 35.9 Å². The minimum Gasteiger partial charge on any atom is -0.358 e. The first-order valence-electron chi connectivity index (χ1n) is 7.11. The molecule has 3 fully saturated rings. The molecule has 3 aliphatic heterocycles. The van der Waals surface area contributed by atoms with Crippen molar-refractivity contribution < 1.29 is 4.79 Å². The second-order valence-electron chi connectivity index (χ2n) is 5.54. The van der Waals surface area contributed by atoms with Crippen LogP contribution in [0.4, 0.5) is 0 Å². The van der Waals surface area contributed by atoms with Crippen LogP contribution in [0.5, 0.6) is 0 Å². The summed E-state index contributed by atoms with van der Waals surface area (Å²) in [6.45, 7) is 3.43. The minimum absolute atomic E-state index is 0.149. The first-order valence-corrected chi connectivity index (χ1v) is 7.52. The Bertz CT molecular complexity index is 497. The Hall–Kier alpha value is -1.46. The van der Waals surface area contributed by atoms with Crippen molar-refractivity contribution in [3.63, 3.8) is 0 Å². The van der Waals surface area contributed by atoms with Crippen LogP contribution in [0.3, 0.4) is 0 Å². The highest BCUT2D eigenvalue weighted by Gasteiger charge is 2.34. The summed E-state index contributed by atoms with van der Waals surface area (Å²) in [5.74, 6) is 0.538. The number of rotatable bonds is 2. The molecule has 3 saturated heterocycles. The molecule has 1 aromatic carbocycles. The van der Waals surface area contributed by atoms with E-state index in [9.17, 15) is 4.79 Å². The van der Waals surface area contributed by atoms with E-state index in [-0.39, 0.29) is 5.91 Å². The maximum absolute atomic E-state index is 12.0. The fourth-order valence-corrected chi connectivity index (χ4v) is 3.34. The second kappa shape index (κ2) is 5.89. The van der Waals surface area contributed by atoms with E-state index >= 15 is 0 Å². The molecule has 2 N–H and O–H groups in total. The topological polar surface area (TPSA) is 44.4 Å². The summed E-state index contributed by atoms with van der Waals surface area (Å²) in [6.07, 6.45) is 2.46. The summed E-state index contributed by atoms with van der Waals surface area (Å²) >= 11 is 5.27. The van der Waals surface area contributed by atoms with Crippen molar-refractivity contribution in [2.75, 3.05) is 19.6 Å². The van der Waals surface area contributed by atoms with Gasteiger partial charge in [-0.3, -0.25) is 10.1 Å². The zero-order valence-electron chi connectivity index (χ0n) is 11.3. The molecule has 3 heterocycles. The molecule has 106 valence electrons. The van der Waals surface area contributed by atoms with Crippen molar-refractivity contribution in [2.45, 2.75) is 18.9 Å². The molecule has 0 spiro atoms. The van der Waals surface area contributed by atoms with E-state index in [0.717, 1.165) is 6.54 Å². The normalized spacial score (nSPS) is 27.9. The molecule has 1 aromatic rings. The number of hydrogen-bond acceptors (Lipinski definition) is 3. The Morgan fingerprint density at radius 1 is 1.20 bits per heavy atom. The van der Waals surface area contributed by atoms with Crippen LogP contribution in [-0.4, -0.2) is 41.6 Å². The van der Waals surface area contributed by atoms with Crippen molar-refractivity contribution in [2.24, 2.45) is 5.92 Å². The summed E-state index contributed by atoms with van der Waals surface area (Å²) in [6, 6.07) is 9.53. The Labute approximate surface area is 124 Å². The van der Waals surface area contributed by atoms with Gasteiger partial charge in [0.25, 0.3) is 5.91 Å². The van der Waals surface area contributed by atoms with Crippen molar-refractivity contribution in [3.8, 4) is 0 Å². The molecule has 0 radical (unpaired) electrons. The van der Waals surface area contributed by atoms with Gasteiger partial charge < -0.3 is 10.2 Å². The molecule has 1 atom stereocenters. The molecule has 1 unspecified atom stereocenters. The van der Waals surface area contributed by atoms with Crippen LogP contribution in [-0.2, 0) is 0 Å². The van der Waals surface area contributed by atoms with Crippen LogP contribution >= 0.6 is 12.2 Å². The lowest BCUT2D eigenvalue weighted by Crippen LogP contribution is -2.59. The van der Waals surface area contributed by atoms with Crippen molar-refractivity contribution >= 4 is 23.2 Å². The zero-order chi connectivity index (χ0) is 13.9. The van der Waals surface area contributed by atoms with Crippen molar-refractivity contribution in [1.82, 2.24) is 15.5 Å². The molecule has 4 rings (SSSR count). The lowest BCUT2D eigenvalue weighted by molar-refractivity contribution is 0.0807. The number of hydrogen-bond donors (Lipinski definition) is 2. The number of amides is 1. The third-order valence-electron chi connectivity index (χ3n) is 4.24. The zero-order valence-corrected chi connectivity index (χ0v) is 12.2.